The summed E-state index contributed by atoms with van der Waals surface area (Å²) in [6.45, 7) is 8.10. The highest BCUT2D eigenvalue weighted by Crippen LogP contribution is 2.25. The second-order valence-electron chi connectivity index (χ2n) is 6.24. The van der Waals surface area contributed by atoms with Crippen molar-refractivity contribution < 1.29 is 9.84 Å². The van der Waals surface area contributed by atoms with Crippen LogP contribution in [0.25, 0.3) is 0 Å². The van der Waals surface area contributed by atoms with Gasteiger partial charge in [-0.15, -0.1) is 0 Å². The number of aliphatic hydroxyl groups is 1. The highest BCUT2D eigenvalue weighted by Gasteiger charge is 2.24. The molecule has 1 aliphatic heterocycles. The maximum atomic E-state index is 9.15. The first-order valence-electron chi connectivity index (χ1n) is 8.31. The summed E-state index contributed by atoms with van der Waals surface area (Å²) in [5.41, 5.74) is 4.58. The molecular formula is C18H24ClN3O2. The quantitative estimate of drug-likeness (QED) is 0.901. The number of aliphatic hydroxyl groups excluding tert-OH is 1. The van der Waals surface area contributed by atoms with Crippen LogP contribution in [0.15, 0.2) is 24.3 Å². The minimum absolute atomic E-state index is 0.0733. The summed E-state index contributed by atoms with van der Waals surface area (Å²) in [4.78, 5) is 2.41. The van der Waals surface area contributed by atoms with E-state index in [9.17, 15) is 0 Å². The first kappa shape index (κ1) is 17.4. The molecule has 1 aromatic carbocycles. The van der Waals surface area contributed by atoms with Gasteiger partial charge in [-0.05, 0) is 31.5 Å². The van der Waals surface area contributed by atoms with Gasteiger partial charge in [0.2, 0.25) is 0 Å². The lowest BCUT2D eigenvalue weighted by atomic mass is 10.1. The van der Waals surface area contributed by atoms with Crippen LogP contribution in [0.5, 0.6) is 0 Å². The van der Waals surface area contributed by atoms with Crippen molar-refractivity contribution in [2.45, 2.75) is 33.0 Å². The van der Waals surface area contributed by atoms with Crippen LogP contribution in [0.1, 0.15) is 28.6 Å². The molecule has 0 spiro atoms. The lowest BCUT2D eigenvalue weighted by Crippen LogP contribution is -2.38. The van der Waals surface area contributed by atoms with Crippen LogP contribution >= 0.6 is 11.6 Å². The van der Waals surface area contributed by atoms with E-state index in [0.29, 0.717) is 6.54 Å². The number of aryl methyl sites for hydroxylation is 1. The van der Waals surface area contributed by atoms with Crippen molar-refractivity contribution in [1.82, 2.24) is 14.7 Å². The molecule has 3 rings (SSSR count). The van der Waals surface area contributed by atoms with Gasteiger partial charge in [0.05, 0.1) is 31.6 Å². The SMILES string of the molecule is Cc1nn(CCO)c(C)c1CN1CCOC(c2ccc(Cl)cc2)C1. The van der Waals surface area contributed by atoms with Gasteiger partial charge in [0.1, 0.15) is 0 Å². The van der Waals surface area contributed by atoms with E-state index in [4.69, 9.17) is 21.4 Å². The highest BCUT2D eigenvalue weighted by atomic mass is 35.5. The predicted octanol–water partition coefficient (Wildman–Crippen LogP) is 2.72. The van der Waals surface area contributed by atoms with E-state index >= 15 is 0 Å². The van der Waals surface area contributed by atoms with Crippen molar-refractivity contribution in [3.63, 3.8) is 0 Å². The van der Waals surface area contributed by atoms with Gasteiger partial charge in [-0.25, -0.2) is 0 Å². The van der Waals surface area contributed by atoms with E-state index in [1.165, 1.54) is 5.56 Å². The molecule has 1 N–H and O–H groups in total. The lowest BCUT2D eigenvalue weighted by Gasteiger charge is -2.33. The molecule has 2 aromatic rings. The van der Waals surface area contributed by atoms with E-state index in [0.717, 1.165) is 48.2 Å². The Labute approximate surface area is 147 Å². The van der Waals surface area contributed by atoms with Gasteiger partial charge < -0.3 is 9.84 Å². The molecule has 1 aliphatic rings. The average molecular weight is 350 g/mol. The second-order valence-corrected chi connectivity index (χ2v) is 6.68. The summed E-state index contributed by atoms with van der Waals surface area (Å²) in [6.07, 6.45) is 0.0733. The fourth-order valence-corrected chi connectivity index (χ4v) is 3.35. The average Bonchev–Trinajstić information content (AvgIpc) is 2.84. The molecule has 2 heterocycles. The zero-order valence-corrected chi connectivity index (χ0v) is 15.0. The molecule has 130 valence electrons. The number of morpholine rings is 1. The summed E-state index contributed by atoms with van der Waals surface area (Å²) in [7, 11) is 0. The number of halogens is 1. The molecule has 0 aliphatic carbocycles. The molecule has 5 nitrogen and oxygen atoms in total. The molecule has 24 heavy (non-hydrogen) atoms. The number of hydrogen-bond donors (Lipinski definition) is 1. The van der Waals surface area contributed by atoms with Crippen LogP contribution < -0.4 is 0 Å². The van der Waals surface area contributed by atoms with E-state index in [1.54, 1.807) is 0 Å². The van der Waals surface area contributed by atoms with Crippen LogP contribution in [0.2, 0.25) is 5.02 Å². The molecule has 6 heteroatoms. The Kier molecular flexibility index (Phi) is 5.56. The fourth-order valence-electron chi connectivity index (χ4n) is 3.22. The lowest BCUT2D eigenvalue weighted by molar-refractivity contribution is -0.0330. The Bertz CT molecular complexity index is 684. The fraction of sp³-hybridized carbons (Fsp3) is 0.500. The highest BCUT2D eigenvalue weighted by molar-refractivity contribution is 6.30. The number of ether oxygens (including phenoxy) is 1. The second kappa shape index (κ2) is 7.66. The standard InChI is InChI=1S/C18H24ClN3O2/c1-13-17(14(2)22(20-13)7-9-23)11-21-8-10-24-18(12-21)15-3-5-16(19)6-4-15/h3-6,18,23H,7-12H2,1-2H3. The Balaban J connectivity index is 1.70. The predicted molar refractivity (Wildman–Crippen MR) is 94.2 cm³/mol. The third-order valence-electron chi connectivity index (χ3n) is 4.62. The zero-order chi connectivity index (χ0) is 17.1. The van der Waals surface area contributed by atoms with Crippen LogP contribution in [-0.4, -0.2) is 46.1 Å². The van der Waals surface area contributed by atoms with Gasteiger partial charge in [-0.1, -0.05) is 23.7 Å². The first-order valence-corrected chi connectivity index (χ1v) is 8.69. The molecule has 1 atom stereocenters. The maximum absolute atomic E-state index is 9.15. The topological polar surface area (TPSA) is 50.5 Å². The summed E-state index contributed by atoms with van der Waals surface area (Å²) in [6, 6.07) is 7.89. The van der Waals surface area contributed by atoms with Crippen molar-refractivity contribution in [2.75, 3.05) is 26.3 Å². The zero-order valence-electron chi connectivity index (χ0n) is 14.2. The molecule has 0 amide bonds. The number of hydrogen-bond acceptors (Lipinski definition) is 4. The molecular weight excluding hydrogens is 326 g/mol. The van der Waals surface area contributed by atoms with Crippen LogP contribution in [0.4, 0.5) is 0 Å². The van der Waals surface area contributed by atoms with Gasteiger partial charge in [-0.2, -0.15) is 5.10 Å². The van der Waals surface area contributed by atoms with Crippen molar-refractivity contribution in [2.24, 2.45) is 0 Å². The van der Waals surface area contributed by atoms with E-state index in [2.05, 4.69) is 16.9 Å². The Morgan fingerprint density at radius 3 is 2.75 bits per heavy atom. The number of nitrogens with zero attached hydrogens (tertiary/aromatic N) is 3. The maximum Gasteiger partial charge on any atom is 0.0952 e. The Morgan fingerprint density at radius 2 is 2.04 bits per heavy atom. The third-order valence-corrected chi connectivity index (χ3v) is 4.87. The van der Waals surface area contributed by atoms with Crippen molar-refractivity contribution >= 4 is 11.6 Å². The molecule has 1 fully saturated rings. The van der Waals surface area contributed by atoms with E-state index < -0.39 is 0 Å². The van der Waals surface area contributed by atoms with Crippen molar-refractivity contribution in [3.8, 4) is 0 Å². The Hall–Kier alpha value is -1.40. The van der Waals surface area contributed by atoms with E-state index in [-0.39, 0.29) is 12.7 Å². The summed E-state index contributed by atoms with van der Waals surface area (Å²) >= 11 is 5.97. The van der Waals surface area contributed by atoms with E-state index in [1.807, 2.05) is 35.9 Å². The smallest absolute Gasteiger partial charge is 0.0952 e. The number of benzene rings is 1. The largest absolute Gasteiger partial charge is 0.394 e. The molecule has 1 saturated heterocycles. The number of aromatic nitrogens is 2. The number of rotatable bonds is 5. The van der Waals surface area contributed by atoms with Crippen LogP contribution in [0, 0.1) is 13.8 Å². The first-order chi connectivity index (χ1) is 11.6. The molecule has 0 radical (unpaired) electrons. The third kappa shape index (κ3) is 3.81. The summed E-state index contributed by atoms with van der Waals surface area (Å²) in [5, 5.41) is 14.4. The summed E-state index contributed by atoms with van der Waals surface area (Å²) in [5.74, 6) is 0. The molecule has 1 aromatic heterocycles. The van der Waals surface area contributed by atoms with Crippen molar-refractivity contribution in [3.05, 3.63) is 51.8 Å². The van der Waals surface area contributed by atoms with Gasteiger partial charge in [-0.3, -0.25) is 9.58 Å². The normalized spacial score (nSPS) is 18.9. The minimum Gasteiger partial charge on any atom is -0.394 e. The van der Waals surface area contributed by atoms with Crippen LogP contribution in [0.3, 0.4) is 0 Å². The van der Waals surface area contributed by atoms with Crippen LogP contribution in [-0.2, 0) is 17.8 Å². The van der Waals surface area contributed by atoms with Gasteiger partial charge >= 0.3 is 0 Å². The van der Waals surface area contributed by atoms with Crippen molar-refractivity contribution in [1.29, 1.82) is 0 Å². The summed E-state index contributed by atoms with van der Waals surface area (Å²) < 4.78 is 7.83. The Morgan fingerprint density at radius 1 is 1.29 bits per heavy atom. The molecule has 1 unspecified atom stereocenters. The monoisotopic (exact) mass is 349 g/mol. The van der Waals surface area contributed by atoms with Gasteiger partial charge in [0, 0.05) is 35.9 Å². The minimum atomic E-state index is 0.0733. The van der Waals surface area contributed by atoms with Gasteiger partial charge in [0.25, 0.3) is 0 Å². The van der Waals surface area contributed by atoms with Gasteiger partial charge in [0.15, 0.2) is 0 Å². The molecule has 0 saturated carbocycles. The molecule has 0 bridgehead atoms.